The molecule has 0 spiro atoms. The monoisotopic (exact) mass is 350 g/mol. The molecule has 0 N–H and O–H groups in total. The molecule has 0 atom stereocenters. The molecule has 0 fully saturated rings. The molecule has 3 aromatic heterocycles. The quantitative estimate of drug-likeness (QED) is 0.463. The Morgan fingerprint density at radius 2 is 1.63 bits per heavy atom. The minimum Gasteiger partial charge on any atom is -0.275 e. The van der Waals surface area contributed by atoms with Gasteiger partial charge in [0.25, 0.3) is 0 Å². The van der Waals surface area contributed by atoms with Crippen LogP contribution in [0.25, 0.3) is 33.5 Å². The van der Waals surface area contributed by atoms with Crippen molar-refractivity contribution in [3.8, 4) is 11.9 Å². The maximum absolute atomic E-state index is 9.88. The smallest absolute Gasteiger partial charge is 0.157 e. The zero-order valence-corrected chi connectivity index (χ0v) is 14.4. The Balaban J connectivity index is 1.88. The third kappa shape index (κ3) is 1.80. The van der Waals surface area contributed by atoms with E-state index in [0.717, 1.165) is 52.7 Å². The van der Waals surface area contributed by atoms with E-state index in [4.69, 9.17) is 4.98 Å². The van der Waals surface area contributed by atoms with E-state index in [-0.39, 0.29) is 0 Å². The van der Waals surface area contributed by atoms with Crippen LogP contribution in [0.4, 0.5) is 0 Å². The average Bonchev–Trinajstić information content (AvgIpc) is 3.43. The molecule has 6 rings (SSSR count). The van der Waals surface area contributed by atoms with E-state index in [2.05, 4.69) is 20.8 Å². The van der Waals surface area contributed by atoms with Gasteiger partial charge in [-0.3, -0.25) is 4.40 Å². The summed E-state index contributed by atoms with van der Waals surface area (Å²) in [5, 5.41) is 18.7. The number of rotatable bonds is 1. The standard InChI is InChI=1S/C21H14N6/c22-12-15-13-6-5-7-14(13)21(27-19-11-4-2-9-17(19)24-25-27)26-18-10-3-1-8-16(18)23-20(15)26/h1-4,8-11H,5-7H2. The van der Waals surface area contributed by atoms with Crippen LogP contribution < -0.4 is 0 Å². The highest BCUT2D eigenvalue weighted by atomic mass is 15.5. The fourth-order valence-corrected chi connectivity index (χ4v) is 4.31. The first-order valence-electron chi connectivity index (χ1n) is 9.02. The van der Waals surface area contributed by atoms with Crippen molar-refractivity contribution < 1.29 is 0 Å². The molecule has 3 heterocycles. The second-order valence-corrected chi connectivity index (χ2v) is 6.87. The second kappa shape index (κ2) is 5.15. The number of aromatic nitrogens is 5. The Hall–Kier alpha value is -3.72. The number of benzene rings is 2. The van der Waals surface area contributed by atoms with E-state index in [1.807, 2.05) is 53.2 Å². The van der Waals surface area contributed by atoms with Crippen LogP contribution >= 0.6 is 0 Å². The number of nitrogens with zero attached hydrogens (tertiary/aromatic N) is 6. The van der Waals surface area contributed by atoms with E-state index < -0.39 is 0 Å². The lowest BCUT2D eigenvalue weighted by molar-refractivity contribution is 0.780. The Labute approximate surface area is 154 Å². The molecule has 0 bridgehead atoms. The molecule has 6 heteroatoms. The molecule has 27 heavy (non-hydrogen) atoms. The lowest BCUT2D eigenvalue weighted by atomic mass is 10.1. The normalized spacial score (nSPS) is 13.4. The van der Waals surface area contributed by atoms with E-state index in [9.17, 15) is 5.26 Å². The highest BCUT2D eigenvalue weighted by Crippen LogP contribution is 2.36. The molecular weight excluding hydrogens is 336 g/mol. The maximum atomic E-state index is 9.88. The molecule has 0 unspecified atom stereocenters. The topological polar surface area (TPSA) is 71.8 Å². The summed E-state index contributed by atoms with van der Waals surface area (Å²) in [7, 11) is 0. The van der Waals surface area contributed by atoms with Crippen molar-refractivity contribution in [1.82, 2.24) is 24.4 Å². The van der Waals surface area contributed by atoms with Crippen molar-refractivity contribution in [2.45, 2.75) is 19.3 Å². The van der Waals surface area contributed by atoms with Crippen molar-refractivity contribution in [1.29, 1.82) is 5.26 Å². The Morgan fingerprint density at radius 3 is 2.48 bits per heavy atom. The van der Waals surface area contributed by atoms with Crippen LogP contribution in [0.3, 0.4) is 0 Å². The summed E-state index contributed by atoms with van der Waals surface area (Å²) in [5.41, 5.74) is 7.34. The summed E-state index contributed by atoms with van der Waals surface area (Å²) < 4.78 is 3.99. The largest absolute Gasteiger partial charge is 0.275 e. The van der Waals surface area contributed by atoms with Crippen molar-refractivity contribution in [2.24, 2.45) is 0 Å². The first kappa shape index (κ1) is 14.4. The highest BCUT2D eigenvalue weighted by molar-refractivity contribution is 5.86. The molecule has 0 radical (unpaired) electrons. The predicted molar refractivity (Wildman–Crippen MR) is 102 cm³/mol. The van der Waals surface area contributed by atoms with Crippen molar-refractivity contribution >= 4 is 27.7 Å². The minimum atomic E-state index is 0.687. The summed E-state index contributed by atoms with van der Waals surface area (Å²) in [6, 6.07) is 18.4. The molecule has 128 valence electrons. The second-order valence-electron chi connectivity index (χ2n) is 6.87. The van der Waals surface area contributed by atoms with E-state index >= 15 is 0 Å². The van der Waals surface area contributed by atoms with Gasteiger partial charge in [0.05, 0.1) is 22.1 Å². The number of para-hydroxylation sites is 3. The van der Waals surface area contributed by atoms with Gasteiger partial charge < -0.3 is 0 Å². The predicted octanol–water partition coefficient (Wildman–Crippen LogP) is 3.58. The van der Waals surface area contributed by atoms with Gasteiger partial charge in [-0.15, -0.1) is 5.10 Å². The van der Waals surface area contributed by atoms with Gasteiger partial charge in [-0.05, 0) is 49.1 Å². The fourth-order valence-electron chi connectivity index (χ4n) is 4.31. The van der Waals surface area contributed by atoms with Crippen molar-refractivity contribution in [2.75, 3.05) is 0 Å². The molecule has 0 amide bonds. The van der Waals surface area contributed by atoms with E-state index in [1.54, 1.807) is 0 Å². The SMILES string of the molecule is N#Cc1c2c(c(-n3nnc4ccccc43)n3c1nc1ccccc13)CCC2. The van der Waals surface area contributed by atoms with E-state index in [1.165, 1.54) is 5.56 Å². The number of imidazole rings is 1. The van der Waals surface area contributed by atoms with Crippen molar-refractivity contribution in [3.63, 3.8) is 0 Å². The first-order chi connectivity index (χ1) is 13.4. The van der Waals surface area contributed by atoms with Crippen LogP contribution in [0.2, 0.25) is 0 Å². The maximum Gasteiger partial charge on any atom is 0.157 e. The summed E-state index contributed by atoms with van der Waals surface area (Å²) in [4.78, 5) is 4.79. The van der Waals surface area contributed by atoms with Crippen LogP contribution in [-0.4, -0.2) is 24.4 Å². The van der Waals surface area contributed by atoms with Gasteiger partial charge in [-0.25, -0.2) is 4.98 Å². The van der Waals surface area contributed by atoms with Gasteiger partial charge in [-0.1, -0.05) is 29.5 Å². The van der Waals surface area contributed by atoms with Gasteiger partial charge in [0.15, 0.2) is 5.65 Å². The lowest BCUT2D eigenvalue weighted by Crippen LogP contribution is -2.10. The van der Waals surface area contributed by atoms with E-state index in [0.29, 0.717) is 11.2 Å². The summed E-state index contributed by atoms with van der Waals surface area (Å²) in [6.45, 7) is 0. The Morgan fingerprint density at radius 1 is 0.889 bits per heavy atom. The molecule has 6 nitrogen and oxygen atoms in total. The highest BCUT2D eigenvalue weighted by Gasteiger charge is 2.27. The zero-order valence-electron chi connectivity index (χ0n) is 14.4. The molecule has 1 aliphatic carbocycles. The van der Waals surface area contributed by atoms with Gasteiger partial charge in [-0.2, -0.15) is 9.94 Å². The van der Waals surface area contributed by atoms with Crippen LogP contribution in [0.5, 0.6) is 0 Å². The third-order valence-corrected chi connectivity index (χ3v) is 5.45. The average molecular weight is 350 g/mol. The third-order valence-electron chi connectivity index (χ3n) is 5.45. The minimum absolute atomic E-state index is 0.687. The summed E-state index contributed by atoms with van der Waals surface area (Å²) in [5.74, 6) is 0.957. The first-order valence-corrected chi connectivity index (χ1v) is 9.02. The number of nitriles is 1. The number of hydrogen-bond donors (Lipinski definition) is 0. The summed E-state index contributed by atoms with van der Waals surface area (Å²) >= 11 is 0. The van der Waals surface area contributed by atoms with Crippen molar-refractivity contribution in [3.05, 3.63) is 65.2 Å². The molecule has 2 aromatic carbocycles. The van der Waals surface area contributed by atoms with Crippen LogP contribution in [0.1, 0.15) is 23.1 Å². The van der Waals surface area contributed by atoms with Gasteiger partial charge in [0.2, 0.25) is 0 Å². The van der Waals surface area contributed by atoms with Gasteiger partial charge in [0, 0.05) is 5.56 Å². The lowest BCUT2D eigenvalue weighted by Gasteiger charge is -2.14. The van der Waals surface area contributed by atoms with Crippen LogP contribution in [0, 0.1) is 11.3 Å². The van der Waals surface area contributed by atoms with Gasteiger partial charge >= 0.3 is 0 Å². The Kier molecular flexibility index (Phi) is 2.75. The Bertz CT molecular complexity index is 1420. The molecular formula is C21H14N6. The van der Waals surface area contributed by atoms with Crippen LogP contribution in [-0.2, 0) is 12.8 Å². The molecule has 0 saturated carbocycles. The molecule has 1 aliphatic rings. The summed E-state index contributed by atoms with van der Waals surface area (Å²) in [6.07, 6.45) is 2.86. The molecule has 0 aliphatic heterocycles. The number of fused-ring (bicyclic) bond motifs is 5. The number of hydrogen-bond acceptors (Lipinski definition) is 4. The van der Waals surface area contributed by atoms with Gasteiger partial charge in [0.1, 0.15) is 17.4 Å². The molecule has 0 saturated heterocycles. The fraction of sp³-hybridized carbons (Fsp3) is 0.143. The zero-order chi connectivity index (χ0) is 18.0. The van der Waals surface area contributed by atoms with Crippen LogP contribution in [0.15, 0.2) is 48.5 Å². The number of pyridine rings is 1. The molecule has 5 aromatic rings.